The molecule has 0 heterocycles. The lowest BCUT2D eigenvalue weighted by Gasteiger charge is -2.14. The van der Waals surface area contributed by atoms with E-state index in [1.54, 1.807) is 36.4 Å². The Morgan fingerprint density at radius 3 is 2.37 bits per heavy atom. The largest absolute Gasteiger partial charge is 0.493 e. The van der Waals surface area contributed by atoms with Gasteiger partial charge in [-0.3, -0.25) is 20.4 Å². The number of rotatable bonds is 7. The zero-order valence-electron chi connectivity index (χ0n) is 15.2. The monoisotopic (exact) mass is 436 g/mol. The highest BCUT2D eigenvalue weighted by Gasteiger charge is 2.13. The lowest BCUT2D eigenvalue weighted by molar-refractivity contribution is -0.123. The van der Waals surface area contributed by atoms with E-state index in [2.05, 4.69) is 26.8 Å². The molecule has 0 aliphatic carbocycles. The SMILES string of the molecule is COc1cc(C(=O)NNC(=O)COc2ccc(Br)cc2)ccc1OC(C)C. The summed E-state index contributed by atoms with van der Waals surface area (Å²) in [5.41, 5.74) is 4.95. The highest BCUT2D eigenvalue weighted by molar-refractivity contribution is 9.10. The number of methoxy groups -OCH3 is 1. The second-order valence-electron chi connectivity index (χ2n) is 5.78. The number of carbonyl (C=O) groups excluding carboxylic acids is 2. The van der Waals surface area contributed by atoms with Gasteiger partial charge in [0.1, 0.15) is 5.75 Å². The summed E-state index contributed by atoms with van der Waals surface area (Å²) < 4.78 is 17.1. The Balaban J connectivity index is 1.87. The van der Waals surface area contributed by atoms with Crippen molar-refractivity contribution in [1.82, 2.24) is 10.9 Å². The summed E-state index contributed by atoms with van der Waals surface area (Å²) in [6.45, 7) is 3.56. The van der Waals surface area contributed by atoms with E-state index in [4.69, 9.17) is 14.2 Å². The van der Waals surface area contributed by atoms with Gasteiger partial charge < -0.3 is 14.2 Å². The van der Waals surface area contributed by atoms with Gasteiger partial charge in [0.2, 0.25) is 0 Å². The highest BCUT2D eigenvalue weighted by Crippen LogP contribution is 2.28. The summed E-state index contributed by atoms with van der Waals surface area (Å²) in [6, 6.07) is 11.8. The van der Waals surface area contributed by atoms with Gasteiger partial charge in [-0.05, 0) is 56.3 Å². The van der Waals surface area contributed by atoms with E-state index < -0.39 is 11.8 Å². The summed E-state index contributed by atoms with van der Waals surface area (Å²) in [4.78, 5) is 24.0. The predicted octanol–water partition coefficient (Wildman–Crippen LogP) is 3.08. The fraction of sp³-hybridized carbons (Fsp3) is 0.263. The zero-order valence-corrected chi connectivity index (χ0v) is 16.8. The number of benzene rings is 2. The van der Waals surface area contributed by atoms with Crippen LogP contribution in [0.1, 0.15) is 24.2 Å². The first-order valence-electron chi connectivity index (χ1n) is 8.21. The third-order valence-electron chi connectivity index (χ3n) is 3.29. The van der Waals surface area contributed by atoms with Crippen molar-refractivity contribution >= 4 is 27.7 Å². The molecule has 0 aliphatic heterocycles. The average Bonchev–Trinajstić information content (AvgIpc) is 2.65. The molecule has 7 nitrogen and oxygen atoms in total. The summed E-state index contributed by atoms with van der Waals surface area (Å²) >= 11 is 3.32. The predicted molar refractivity (Wildman–Crippen MR) is 104 cm³/mol. The quantitative estimate of drug-likeness (QED) is 0.651. The van der Waals surface area contributed by atoms with E-state index in [0.29, 0.717) is 22.8 Å². The van der Waals surface area contributed by atoms with Gasteiger partial charge >= 0.3 is 0 Å². The summed E-state index contributed by atoms with van der Waals surface area (Å²) in [5, 5.41) is 0. The van der Waals surface area contributed by atoms with Crippen molar-refractivity contribution in [2.75, 3.05) is 13.7 Å². The van der Waals surface area contributed by atoms with E-state index in [1.165, 1.54) is 13.2 Å². The Bertz CT molecular complexity index is 793. The van der Waals surface area contributed by atoms with Crippen molar-refractivity contribution in [3.8, 4) is 17.2 Å². The lowest BCUT2D eigenvalue weighted by atomic mass is 10.2. The summed E-state index contributed by atoms with van der Waals surface area (Å²) in [6.07, 6.45) is -0.0245. The van der Waals surface area contributed by atoms with E-state index in [1.807, 2.05) is 13.8 Å². The van der Waals surface area contributed by atoms with Gasteiger partial charge in [-0.15, -0.1) is 0 Å². The van der Waals surface area contributed by atoms with E-state index >= 15 is 0 Å². The summed E-state index contributed by atoms with van der Waals surface area (Å²) in [5.74, 6) is 0.543. The topological polar surface area (TPSA) is 85.9 Å². The second kappa shape index (κ2) is 9.82. The van der Waals surface area contributed by atoms with Crippen molar-refractivity contribution in [2.24, 2.45) is 0 Å². The molecule has 0 unspecified atom stereocenters. The molecule has 0 aromatic heterocycles. The Morgan fingerprint density at radius 2 is 1.74 bits per heavy atom. The molecule has 0 saturated carbocycles. The number of halogens is 1. The first-order valence-corrected chi connectivity index (χ1v) is 9.00. The van der Waals surface area contributed by atoms with E-state index in [-0.39, 0.29) is 12.7 Å². The number of carbonyl (C=O) groups is 2. The lowest BCUT2D eigenvalue weighted by Crippen LogP contribution is -2.43. The van der Waals surface area contributed by atoms with Crippen LogP contribution in [0.2, 0.25) is 0 Å². The van der Waals surface area contributed by atoms with Crippen LogP contribution in [0.25, 0.3) is 0 Å². The molecule has 2 amide bonds. The van der Waals surface area contributed by atoms with Gasteiger partial charge in [0.25, 0.3) is 11.8 Å². The molecular weight excluding hydrogens is 416 g/mol. The molecule has 144 valence electrons. The fourth-order valence-corrected chi connectivity index (χ4v) is 2.34. The molecule has 8 heteroatoms. The van der Waals surface area contributed by atoms with Crippen LogP contribution in [0.3, 0.4) is 0 Å². The molecule has 2 aromatic carbocycles. The molecule has 0 spiro atoms. The molecule has 2 rings (SSSR count). The number of hydrazine groups is 1. The van der Waals surface area contributed by atoms with Gasteiger partial charge in [-0.2, -0.15) is 0 Å². The average molecular weight is 437 g/mol. The van der Waals surface area contributed by atoms with Crippen LogP contribution in [0, 0.1) is 0 Å². The van der Waals surface area contributed by atoms with Crippen LogP contribution >= 0.6 is 15.9 Å². The molecule has 2 aromatic rings. The molecule has 0 atom stereocenters. The molecule has 0 bridgehead atoms. The Kier molecular flexibility index (Phi) is 7.48. The minimum absolute atomic E-state index is 0.0245. The maximum absolute atomic E-state index is 12.2. The molecule has 27 heavy (non-hydrogen) atoms. The number of hydrogen-bond acceptors (Lipinski definition) is 5. The van der Waals surface area contributed by atoms with Crippen LogP contribution in [-0.2, 0) is 4.79 Å². The molecule has 2 N–H and O–H groups in total. The van der Waals surface area contributed by atoms with Gasteiger partial charge in [-0.25, -0.2) is 0 Å². The van der Waals surface area contributed by atoms with E-state index in [9.17, 15) is 9.59 Å². The van der Waals surface area contributed by atoms with Crippen LogP contribution < -0.4 is 25.1 Å². The maximum atomic E-state index is 12.2. The number of amides is 2. The number of ether oxygens (including phenoxy) is 3. The minimum Gasteiger partial charge on any atom is -0.493 e. The van der Waals surface area contributed by atoms with Crippen LogP contribution in [0.4, 0.5) is 0 Å². The van der Waals surface area contributed by atoms with Gasteiger partial charge in [0.05, 0.1) is 13.2 Å². The van der Waals surface area contributed by atoms with Gasteiger partial charge in [-0.1, -0.05) is 15.9 Å². The van der Waals surface area contributed by atoms with Crippen molar-refractivity contribution < 1.29 is 23.8 Å². The third kappa shape index (κ3) is 6.49. The van der Waals surface area contributed by atoms with E-state index in [0.717, 1.165) is 4.47 Å². The first-order chi connectivity index (χ1) is 12.9. The van der Waals surface area contributed by atoms with Gasteiger partial charge in [0.15, 0.2) is 18.1 Å². The van der Waals surface area contributed by atoms with Crippen LogP contribution in [0.5, 0.6) is 17.2 Å². The maximum Gasteiger partial charge on any atom is 0.276 e. The molecular formula is C19H21BrN2O5. The minimum atomic E-state index is -0.488. The Labute approximate surface area is 166 Å². The smallest absolute Gasteiger partial charge is 0.276 e. The summed E-state index contributed by atoms with van der Waals surface area (Å²) in [7, 11) is 1.49. The van der Waals surface area contributed by atoms with Crippen LogP contribution in [0.15, 0.2) is 46.9 Å². The Hall–Kier alpha value is -2.74. The van der Waals surface area contributed by atoms with Crippen molar-refractivity contribution in [2.45, 2.75) is 20.0 Å². The normalized spacial score (nSPS) is 10.3. The molecule has 0 aliphatic rings. The van der Waals surface area contributed by atoms with Crippen molar-refractivity contribution in [1.29, 1.82) is 0 Å². The fourth-order valence-electron chi connectivity index (χ4n) is 2.07. The number of hydrogen-bond donors (Lipinski definition) is 2. The molecule has 0 radical (unpaired) electrons. The Morgan fingerprint density at radius 1 is 1.04 bits per heavy atom. The zero-order chi connectivity index (χ0) is 19.8. The number of nitrogens with one attached hydrogen (secondary N) is 2. The van der Waals surface area contributed by atoms with Crippen molar-refractivity contribution in [3.63, 3.8) is 0 Å². The first kappa shape index (κ1) is 20.6. The third-order valence-corrected chi connectivity index (χ3v) is 3.82. The van der Waals surface area contributed by atoms with Crippen LogP contribution in [-0.4, -0.2) is 31.6 Å². The molecule has 0 saturated heterocycles. The van der Waals surface area contributed by atoms with Gasteiger partial charge in [0, 0.05) is 10.0 Å². The highest BCUT2D eigenvalue weighted by atomic mass is 79.9. The standard InChI is InChI=1S/C19H21BrN2O5/c1-12(2)27-16-9-4-13(10-17(16)25-3)19(24)22-21-18(23)11-26-15-7-5-14(20)6-8-15/h4-10,12H,11H2,1-3H3,(H,21,23)(H,22,24). The second-order valence-corrected chi connectivity index (χ2v) is 6.69. The molecule has 0 fully saturated rings. The van der Waals surface area contributed by atoms with Crippen molar-refractivity contribution in [3.05, 3.63) is 52.5 Å².